The Morgan fingerprint density at radius 2 is 1.88 bits per heavy atom. The molecule has 0 aliphatic heterocycles. The van der Waals surface area contributed by atoms with Crippen molar-refractivity contribution < 1.29 is 8.42 Å². The fourth-order valence-corrected chi connectivity index (χ4v) is 5.89. The van der Waals surface area contributed by atoms with Gasteiger partial charge in [-0.3, -0.25) is 0 Å². The van der Waals surface area contributed by atoms with Crippen molar-refractivity contribution >= 4 is 9.84 Å². The van der Waals surface area contributed by atoms with E-state index < -0.39 is 9.84 Å². The maximum Gasteiger partial charge on any atom is 0.227 e. The molecule has 3 rings (SSSR count). The summed E-state index contributed by atoms with van der Waals surface area (Å²) in [7, 11) is -1.16. The van der Waals surface area contributed by atoms with Crippen molar-refractivity contribution in [3.63, 3.8) is 0 Å². The van der Waals surface area contributed by atoms with E-state index in [2.05, 4.69) is 28.4 Å². The topological polar surface area (TPSA) is 55.2 Å². The van der Waals surface area contributed by atoms with E-state index in [0.717, 1.165) is 38.2 Å². The van der Waals surface area contributed by atoms with Gasteiger partial charge in [0.15, 0.2) is 0 Å². The van der Waals surface area contributed by atoms with Gasteiger partial charge in [-0.05, 0) is 57.5 Å². The molecular weight excluding hydrogens is 346 g/mol. The van der Waals surface area contributed by atoms with Crippen LogP contribution in [0.3, 0.4) is 0 Å². The van der Waals surface area contributed by atoms with Gasteiger partial charge in [0.05, 0.1) is 17.6 Å². The number of unbranched alkanes of at least 4 members (excludes halogenated alkanes) is 1. The van der Waals surface area contributed by atoms with Gasteiger partial charge in [-0.15, -0.1) is 0 Å². The lowest BCUT2D eigenvalue weighted by molar-refractivity contribution is 0.283. The first-order valence-electron chi connectivity index (χ1n) is 10.4. The zero-order valence-electron chi connectivity index (χ0n) is 16.5. The minimum Gasteiger partial charge on any atom is -0.317 e. The molecule has 26 heavy (non-hydrogen) atoms. The van der Waals surface area contributed by atoms with Crippen LogP contribution in [0, 0.1) is 11.8 Å². The van der Waals surface area contributed by atoms with Crippen molar-refractivity contribution in [2.45, 2.75) is 83.0 Å². The predicted molar refractivity (Wildman–Crippen MR) is 105 cm³/mol. The maximum absolute atomic E-state index is 12.9. The van der Waals surface area contributed by atoms with Crippen LogP contribution in [0.2, 0.25) is 0 Å². The number of sulfone groups is 1. The first-order chi connectivity index (χ1) is 12.5. The van der Waals surface area contributed by atoms with E-state index in [-0.39, 0.29) is 5.75 Å². The molecule has 2 aliphatic carbocycles. The Balaban J connectivity index is 1.80. The van der Waals surface area contributed by atoms with E-state index in [9.17, 15) is 8.42 Å². The molecule has 6 heteroatoms. The van der Waals surface area contributed by atoms with E-state index in [1.807, 2.05) is 6.20 Å². The SMILES string of the molecule is CCCCN(C)Cc1cnc(S(=O)(=O)CC2CC2)n1CC1CCCCC1. The third-order valence-corrected chi connectivity index (χ3v) is 7.62. The number of nitrogens with zero attached hydrogens (tertiary/aromatic N) is 3. The van der Waals surface area contributed by atoms with Crippen molar-refractivity contribution in [1.82, 2.24) is 14.5 Å². The summed E-state index contributed by atoms with van der Waals surface area (Å²) in [5, 5.41) is 0.328. The van der Waals surface area contributed by atoms with E-state index in [4.69, 9.17) is 0 Å². The monoisotopic (exact) mass is 381 g/mol. The second kappa shape index (κ2) is 8.87. The van der Waals surface area contributed by atoms with Crippen LogP contribution in [0.1, 0.15) is 70.4 Å². The maximum atomic E-state index is 12.9. The number of aromatic nitrogens is 2. The number of hydrogen-bond acceptors (Lipinski definition) is 4. The van der Waals surface area contributed by atoms with Crippen LogP contribution in [0.5, 0.6) is 0 Å². The fraction of sp³-hybridized carbons (Fsp3) is 0.850. The van der Waals surface area contributed by atoms with Gasteiger partial charge in [0.2, 0.25) is 15.0 Å². The van der Waals surface area contributed by atoms with Crippen molar-refractivity contribution in [3.8, 4) is 0 Å². The van der Waals surface area contributed by atoms with Crippen LogP contribution in [0.15, 0.2) is 11.4 Å². The summed E-state index contributed by atoms with van der Waals surface area (Å²) >= 11 is 0. The lowest BCUT2D eigenvalue weighted by atomic mass is 9.89. The molecule has 0 unspecified atom stereocenters. The quantitative estimate of drug-likeness (QED) is 0.617. The smallest absolute Gasteiger partial charge is 0.227 e. The third kappa shape index (κ3) is 5.32. The molecule has 0 amide bonds. The molecule has 0 spiro atoms. The molecule has 1 aromatic rings. The summed E-state index contributed by atoms with van der Waals surface area (Å²) in [6.45, 7) is 4.83. The van der Waals surface area contributed by atoms with Gasteiger partial charge in [-0.25, -0.2) is 13.4 Å². The second-order valence-corrected chi connectivity index (χ2v) is 10.4. The van der Waals surface area contributed by atoms with Gasteiger partial charge in [0.1, 0.15) is 0 Å². The summed E-state index contributed by atoms with van der Waals surface area (Å²) in [5.74, 6) is 1.22. The normalized spacial score (nSPS) is 19.3. The second-order valence-electron chi connectivity index (χ2n) is 8.46. The first-order valence-corrected chi connectivity index (χ1v) is 12.1. The molecule has 0 atom stereocenters. The van der Waals surface area contributed by atoms with E-state index in [1.54, 1.807) is 0 Å². The summed E-state index contributed by atoms with van der Waals surface area (Å²) in [6, 6.07) is 0. The predicted octanol–water partition coefficient (Wildman–Crippen LogP) is 3.88. The van der Waals surface area contributed by atoms with Crippen LogP contribution in [0.25, 0.3) is 0 Å². The largest absolute Gasteiger partial charge is 0.317 e. The Morgan fingerprint density at radius 3 is 2.54 bits per heavy atom. The summed E-state index contributed by atoms with van der Waals surface area (Å²) in [6.07, 6.45) is 12.5. The van der Waals surface area contributed by atoms with Crippen molar-refractivity contribution in [3.05, 3.63) is 11.9 Å². The van der Waals surface area contributed by atoms with E-state index in [1.165, 1.54) is 44.9 Å². The van der Waals surface area contributed by atoms with Gasteiger partial charge in [-0.2, -0.15) is 0 Å². The minimum absolute atomic E-state index is 0.278. The minimum atomic E-state index is -3.28. The van der Waals surface area contributed by atoms with Crippen LogP contribution in [-0.4, -0.2) is 42.2 Å². The Hall–Kier alpha value is -0.880. The molecule has 2 saturated carbocycles. The third-order valence-electron chi connectivity index (χ3n) is 5.82. The van der Waals surface area contributed by atoms with Crippen LogP contribution in [0.4, 0.5) is 0 Å². The number of hydrogen-bond donors (Lipinski definition) is 0. The van der Waals surface area contributed by atoms with Crippen LogP contribution >= 0.6 is 0 Å². The highest BCUT2D eigenvalue weighted by atomic mass is 32.2. The molecule has 5 nitrogen and oxygen atoms in total. The Labute approximate surface area is 159 Å². The van der Waals surface area contributed by atoms with Crippen molar-refractivity contribution in [1.29, 1.82) is 0 Å². The molecule has 0 N–H and O–H groups in total. The average molecular weight is 382 g/mol. The Morgan fingerprint density at radius 1 is 1.15 bits per heavy atom. The Bertz CT molecular complexity index is 673. The molecule has 148 valence electrons. The number of imidazole rings is 1. The summed E-state index contributed by atoms with van der Waals surface area (Å²) in [5.41, 5.74) is 1.06. The van der Waals surface area contributed by atoms with Gasteiger partial charge in [-0.1, -0.05) is 32.6 Å². The highest BCUT2D eigenvalue weighted by Crippen LogP contribution is 2.33. The van der Waals surface area contributed by atoms with Crippen LogP contribution < -0.4 is 0 Å². The lowest BCUT2D eigenvalue weighted by Crippen LogP contribution is -2.25. The first kappa shape index (κ1) is 19.9. The van der Waals surface area contributed by atoms with Gasteiger partial charge >= 0.3 is 0 Å². The highest BCUT2D eigenvalue weighted by molar-refractivity contribution is 7.91. The molecule has 1 aromatic heterocycles. The van der Waals surface area contributed by atoms with E-state index in [0.29, 0.717) is 17.0 Å². The molecule has 0 saturated heterocycles. The summed E-state index contributed by atoms with van der Waals surface area (Å²) in [4.78, 5) is 6.70. The van der Waals surface area contributed by atoms with Crippen molar-refractivity contribution in [2.24, 2.45) is 11.8 Å². The molecule has 2 aliphatic rings. The molecule has 0 aromatic carbocycles. The van der Waals surface area contributed by atoms with Crippen LogP contribution in [-0.2, 0) is 22.9 Å². The van der Waals surface area contributed by atoms with E-state index >= 15 is 0 Å². The zero-order valence-corrected chi connectivity index (χ0v) is 17.3. The molecule has 2 fully saturated rings. The zero-order chi connectivity index (χ0) is 18.6. The highest BCUT2D eigenvalue weighted by Gasteiger charge is 2.33. The van der Waals surface area contributed by atoms with Gasteiger partial charge in [0, 0.05) is 13.1 Å². The standard InChI is InChI=1S/C20H35N3O2S/c1-3-4-12-22(2)15-19-13-21-20(26(24,25)16-18-10-11-18)23(19)14-17-8-6-5-7-9-17/h13,17-18H,3-12,14-16H2,1-2H3. The molecule has 1 heterocycles. The lowest BCUT2D eigenvalue weighted by Gasteiger charge is -2.25. The molecular formula is C20H35N3O2S. The average Bonchev–Trinajstić information content (AvgIpc) is 3.33. The van der Waals surface area contributed by atoms with Gasteiger partial charge in [0.25, 0.3) is 0 Å². The number of rotatable bonds is 10. The van der Waals surface area contributed by atoms with Crippen molar-refractivity contribution in [2.75, 3.05) is 19.3 Å². The van der Waals surface area contributed by atoms with Gasteiger partial charge < -0.3 is 9.47 Å². The summed E-state index contributed by atoms with van der Waals surface area (Å²) < 4.78 is 27.9. The Kier molecular flexibility index (Phi) is 6.78. The molecule has 0 bridgehead atoms. The fourth-order valence-electron chi connectivity index (χ4n) is 4.04. The molecule has 0 radical (unpaired) electrons.